The summed E-state index contributed by atoms with van der Waals surface area (Å²) < 4.78 is 4.35. The normalized spacial score (nSPS) is 10.6. The third kappa shape index (κ3) is 2.88. The van der Waals surface area contributed by atoms with Crippen molar-refractivity contribution in [1.82, 2.24) is 9.13 Å². The van der Waals surface area contributed by atoms with Crippen LogP contribution >= 0.6 is 31.9 Å². The molecule has 0 amide bonds. The summed E-state index contributed by atoms with van der Waals surface area (Å²) in [5, 5.41) is 3.21. The number of halogens is 2. The summed E-state index contributed by atoms with van der Waals surface area (Å²) in [7, 11) is 3.11. The Balaban J connectivity index is 2.33. The lowest BCUT2D eigenvalue weighted by Crippen LogP contribution is -2.38. The summed E-state index contributed by atoms with van der Waals surface area (Å²) in [6, 6.07) is 7.19. The molecule has 1 aromatic carbocycles. The first-order chi connectivity index (χ1) is 9.41. The van der Waals surface area contributed by atoms with E-state index < -0.39 is 0 Å². The molecule has 0 aliphatic heterocycles. The summed E-state index contributed by atoms with van der Waals surface area (Å²) >= 11 is 6.91. The van der Waals surface area contributed by atoms with Crippen LogP contribution < -0.4 is 16.6 Å². The molecule has 0 spiro atoms. The van der Waals surface area contributed by atoms with E-state index in [9.17, 15) is 9.59 Å². The average molecular weight is 403 g/mol. The van der Waals surface area contributed by atoms with Crippen molar-refractivity contribution in [2.45, 2.75) is 6.54 Å². The maximum absolute atomic E-state index is 11.8. The van der Waals surface area contributed by atoms with Gasteiger partial charge in [-0.25, -0.2) is 4.79 Å². The van der Waals surface area contributed by atoms with Crippen molar-refractivity contribution in [2.24, 2.45) is 14.1 Å². The fourth-order valence-corrected chi connectivity index (χ4v) is 3.07. The molecule has 1 aromatic heterocycles. The zero-order chi connectivity index (χ0) is 14.9. The first-order valence-corrected chi connectivity index (χ1v) is 7.44. The highest BCUT2D eigenvalue weighted by atomic mass is 79.9. The average Bonchev–Trinajstić information content (AvgIpc) is 2.41. The highest BCUT2D eigenvalue weighted by molar-refractivity contribution is 9.11. The number of rotatable bonds is 3. The Kier molecular flexibility index (Phi) is 4.49. The van der Waals surface area contributed by atoms with Gasteiger partial charge in [0.2, 0.25) is 0 Å². The van der Waals surface area contributed by atoms with E-state index >= 15 is 0 Å². The molecule has 0 atom stereocenters. The van der Waals surface area contributed by atoms with Crippen LogP contribution in [-0.4, -0.2) is 9.13 Å². The molecule has 1 N–H and O–H groups in total. The third-order valence-electron chi connectivity index (χ3n) is 3.03. The van der Waals surface area contributed by atoms with Gasteiger partial charge in [-0.05, 0) is 44.0 Å². The molecule has 1 heterocycles. The zero-order valence-corrected chi connectivity index (χ0v) is 14.2. The van der Waals surface area contributed by atoms with Crippen LogP contribution in [0.4, 0.5) is 5.69 Å². The number of benzene rings is 1. The molecule has 0 saturated carbocycles. The fraction of sp³-hybridized carbons (Fsp3) is 0.231. The van der Waals surface area contributed by atoms with E-state index in [4.69, 9.17) is 0 Å². The topological polar surface area (TPSA) is 56.0 Å². The molecular weight excluding hydrogens is 390 g/mol. The molecule has 0 unspecified atom stereocenters. The second kappa shape index (κ2) is 5.97. The molecule has 2 aromatic rings. The predicted octanol–water partition coefficient (Wildman–Crippen LogP) is 2.22. The van der Waals surface area contributed by atoms with Gasteiger partial charge < -0.3 is 5.32 Å². The number of nitrogens with one attached hydrogen (secondary N) is 1. The summed E-state index contributed by atoms with van der Waals surface area (Å²) in [4.78, 5) is 23.5. The van der Waals surface area contributed by atoms with Gasteiger partial charge in [0.25, 0.3) is 5.56 Å². The molecule has 0 saturated heterocycles. The van der Waals surface area contributed by atoms with Crippen LogP contribution in [0, 0.1) is 0 Å². The van der Waals surface area contributed by atoms with E-state index in [0.29, 0.717) is 12.2 Å². The van der Waals surface area contributed by atoms with Crippen LogP contribution in [0.3, 0.4) is 0 Å². The van der Waals surface area contributed by atoms with Crippen molar-refractivity contribution >= 4 is 37.5 Å². The van der Waals surface area contributed by atoms with Gasteiger partial charge in [-0.3, -0.25) is 13.9 Å². The largest absolute Gasteiger partial charge is 0.378 e. The SMILES string of the molecule is Cn1c(CNc2c(Br)cccc2Br)cc(=O)n(C)c1=O. The minimum Gasteiger partial charge on any atom is -0.378 e. The van der Waals surface area contributed by atoms with E-state index in [1.54, 1.807) is 7.05 Å². The lowest BCUT2D eigenvalue weighted by molar-refractivity contribution is 0.655. The monoisotopic (exact) mass is 401 g/mol. The lowest BCUT2D eigenvalue weighted by atomic mass is 10.3. The Morgan fingerprint density at radius 1 is 1.10 bits per heavy atom. The Bertz CT molecular complexity index is 745. The van der Waals surface area contributed by atoms with Crippen molar-refractivity contribution in [3.05, 3.63) is 59.7 Å². The standard InChI is InChI=1S/C13H13Br2N3O2/c1-17-8(6-11(19)18(2)13(17)20)7-16-12-9(14)4-3-5-10(12)15/h3-6,16H,7H2,1-2H3. The second-order valence-electron chi connectivity index (χ2n) is 4.32. The van der Waals surface area contributed by atoms with E-state index in [1.165, 1.54) is 17.7 Å². The molecule has 2 rings (SSSR count). The zero-order valence-electron chi connectivity index (χ0n) is 11.0. The third-order valence-corrected chi connectivity index (χ3v) is 4.36. The molecule has 7 heteroatoms. The van der Waals surface area contributed by atoms with Crippen LogP contribution in [0.5, 0.6) is 0 Å². The molecular formula is C13H13Br2N3O2. The van der Waals surface area contributed by atoms with Gasteiger partial charge in [-0.2, -0.15) is 0 Å². The molecule has 0 fully saturated rings. The second-order valence-corrected chi connectivity index (χ2v) is 6.03. The number of anilines is 1. The van der Waals surface area contributed by atoms with Crippen LogP contribution in [0.25, 0.3) is 0 Å². The first kappa shape index (κ1) is 15.1. The number of hydrogen-bond donors (Lipinski definition) is 1. The van der Waals surface area contributed by atoms with Crippen LogP contribution in [0.1, 0.15) is 5.69 Å². The van der Waals surface area contributed by atoms with Gasteiger partial charge in [0.1, 0.15) is 0 Å². The molecule has 0 bridgehead atoms. The summed E-state index contributed by atoms with van der Waals surface area (Å²) in [6.45, 7) is 0.378. The number of hydrogen-bond acceptors (Lipinski definition) is 3. The summed E-state index contributed by atoms with van der Waals surface area (Å²) in [6.07, 6.45) is 0. The Hall–Kier alpha value is -1.34. The lowest BCUT2D eigenvalue weighted by Gasteiger charge is -2.13. The number of nitrogens with zero attached hydrogens (tertiary/aromatic N) is 2. The molecule has 0 radical (unpaired) electrons. The Morgan fingerprint density at radius 3 is 2.30 bits per heavy atom. The van der Waals surface area contributed by atoms with Crippen molar-refractivity contribution in [1.29, 1.82) is 0 Å². The van der Waals surface area contributed by atoms with E-state index in [1.807, 2.05) is 18.2 Å². The van der Waals surface area contributed by atoms with Crippen LogP contribution in [0.15, 0.2) is 42.8 Å². The summed E-state index contributed by atoms with van der Waals surface area (Å²) in [5.41, 5.74) is 0.859. The van der Waals surface area contributed by atoms with Gasteiger partial charge in [-0.1, -0.05) is 6.07 Å². The maximum Gasteiger partial charge on any atom is 0.330 e. The van der Waals surface area contributed by atoms with Gasteiger partial charge in [0.05, 0.1) is 12.2 Å². The Morgan fingerprint density at radius 2 is 1.70 bits per heavy atom. The first-order valence-electron chi connectivity index (χ1n) is 5.85. The smallest absolute Gasteiger partial charge is 0.330 e. The highest BCUT2D eigenvalue weighted by Crippen LogP contribution is 2.30. The quantitative estimate of drug-likeness (QED) is 0.856. The van der Waals surface area contributed by atoms with Crippen molar-refractivity contribution in [2.75, 3.05) is 5.32 Å². The Labute approximate surface area is 132 Å². The van der Waals surface area contributed by atoms with E-state index in [2.05, 4.69) is 37.2 Å². The molecule has 106 valence electrons. The van der Waals surface area contributed by atoms with Gasteiger partial charge in [-0.15, -0.1) is 0 Å². The summed E-state index contributed by atoms with van der Waals surface area (Å²) in [5.74, 6) is 0. The van der Waals surface area contributed by atoms with Gasteiger partial charge >= 0.3 is 5.69 Å². The minimum atomic E-state index is -0.333. The molecule has 0 aliphatic carbocycles. The minimum absolute atomic E-state index is 0.309. The molecule has 0 aliphatic rings. The molecule has 5 nitrogen and oxygen atoms in total. The van der Waals surface area contributed by atoms with Crippen molar-refractivity contribution in [3.8, 4) is 0 Å². The van der Waals surface area contributed by atoms with E-state index in [0.717, 1.165) is 19.2 Å². The highest BCUT2D eigenvalue weighted by Gasteiger charge is 2.08. The van der Waals surface area contributed by atoms with Crippen LogP contribution in [0.2, 0.25) is 0 Å². The predicted molar refractivity (Wildman–Crippen MR) is 86.1 cm³/mol. The van der Waals surface area contributed by atoms with Crippen molar-refractivity contribution < 1.29 is 0 Å². The number of para-hydroxylation sites is 1. The maximum atomic E-state index is 11.8. The van der Waals surface area contributed by atoms with Crippen molar-refractivity contribution in [3.63, 3.8) is 0 Å². The fourth-order valence-electron chi connectivity index (χ4n) is 1.79. The van der Waals surface area contributed by atoms with Gasteiger partial charge in [0, 0.05) is 34.8 Å². The van der Waals surface area contributed by atoms with Gasteiger partial charge in [0.15, 0.2) is 0 Å². The van der Waals surface area contributed by atoms with E-state index in [-0.39, 0.29) is 11.2 Å². The van der Waals surface area contributed by atoms with Crippen LogP contribution in [-0.2, 0) is 20.6 Å². The molecule has 20 heavy (non-hydrogen) atoms. The number of aromatic nitrogens is 2.